The van der Waals surface area contributed by atoms with Crippen LogP contribution in [0.2, 0.25) is 10.3 Å². The Morgan fingerprint density at radius 2 is 1.80 bits per heavy atom. The topological polar surface area (TPSA) is 25.8 Å². The van der Waals surface area contributed by atoms with Gasteiger partial charge in [-0.2, -0.15) is 0 Å². The molecular formula is C8H2BrCl2FN2S. The largest absolute Gasteiger partial charge is 0.212 e. The molecule has 0 aromatic carbocycles. The van der Waals surface area contributed by atoms with Crippen LogP contribution in [0.15, 0.2) is 15.9 Å². The number of hydrogen-bond donors (Lipinski definition) is 0. The minimum Gasteiger partial charge on any atom is -0.212 e. The minimum atomic E-state index is -0.794. The molecule has 0 saturated carbocycles. The van der Waals surface area contributed by atoms with Crippen LogP contribution in [0.1, 0.15) is 0 Å². The Kier molecular flexibility index (Phi) is 3.25. The predicted octanol–water partition coefficient (Wildman–Crippen LogP) is 4.41. The summed E-state index contributed by atoms with van der Waals surface area (Å²) in [5, 5.41) is -0.538. The van der Waals surface area contributed by atoms with Crippen LogP contribution >= 0.6 is 50.5 Å². The summed E-state index contributed by atoms with van der Waals surface area (Å²) < 4.78 is 14.0. The van der Waals surface area contributed by atoms with E-state index in [0.717, 1.165) is 8.66 Å². The number of aromatic nitrogens is 2. The lowest BCUT2D eigenvalue weighted by atomic mass is 10.4. The fourth-order valence-corrected chi connectivity index (χ4v) is 2.65. The van der Waals surface area contributed by atoms with Crippen LogP contribution in [-0.4, -0.2) is 9.97 Å². The smallest absolute Gasteiger partial charge is 0.197 e. The van der Waals surface area contributed by atoms with E-state index in [1.165, 1.54) is 11.3 Å². The number of thiophene rings is 1. The second-order valence-electron chi connectivity index (χ2n) is 2.55. The summed E-state index contributed by atoms with van der Waals surface area (Å²) in [5.74, 6) is -0.472. The molecule has 2 nitrogen and oxygen atoms in total. The summed E-state index contributed by atoms with van der Waals surface area (Å²) in [5.41, 5.74) is 0. The zero-order valence-corrected chi connectivity index (χ0v) is 10.9. The third-order valence-corrected chi connectivity index (χ3v) is 3.68. The number of hydrogen-bond acceptors (Lipinski definition) is 3. The first-order chi connectivity index (χ1) is 7.08. The molecule has 2 aromatic rings. The highest BCUT2D eigenvalue weighted by molar-refractivity contribution is 9.11. The molecule has 2 heterocycles. The SMILES string of the molecule is Fc1c(Cl)nc(-c2ccc(Br)s2)nc1Cl. The first-order valence-electron chi connectivity index (χ1n) is 3.72. The lowest BCUT2D eigenvalue weighted by molar-refractivity contribution is 0.615. The highest BCUT2D eigenvalue weighted by Crippen LogP contribution is 2.31. The van der Waals surface area contributed by atoms with Crippen molar-refractivity contribution in [2.24, 2.45) is 0 Å². The first-order valence-corrected chi connectivity index (χ1v) is 6.08. The fourth-order valence-electron chi connectivity index (χ4n) is 0.939. The molecule has 2 rings (SSSR count). The summed E-state index contributed by atoms with van der Waals surface area (Å²) >= 11 is 15.8. The van der Waals surface area contributed by atoms with Gasteiger partial charge in [0.05, 0.1) is 8.66 Å². The van der Waals surface area contributed by atoms with Gasteiger partial charge in [-0.25, -0.2) is 14.4 Å². The van der Waals surface area contributed by atoms with Gasteiger partial charge in [0.2, 0.25) is 0 Å². The Morgan fingerprint density at radius 1 is 1.20 bits per heavy atom. The van der Waals surface area contributed by atoms with Crippen LogP contribution in [0.5, 0.6) is 0 Å². The maximum absolute atomic E-state index is 13.0. The molecule has 0 unspecified atom stereocenters. The van der Waals surface area contributed by atoms with Crippen molar-refractivity contribution in [2.75, 3.05) is 0 Å². The summed E-state index contributed by atoms with van der Waals surface area (Å²) in [6, 6.07) is 3.64. The van der Waals surface area contributed by atoms with Gasteiger partial charge in [-0.05, 0) is 28.1 Å². The quantitative estimate of drug-likeness (QED) is 0.725. The average Bonchev–Trinajstić information content (AvgIpc) is 2.60. The third kappa shape index (κ3) is 2.30. The van der Waals surface area contributed by atoms with Gasteiger partial charge in [-0.1, -0.05) is 23.2 Å². The zero-order valence-electron chi connectivity index (χ0n) is 6.97. The normalized spacial score (nSPS) is 10.7. The van der Waals surface area contributed by atoms with E-state index >= 15 is 0 Å². The molecule has 0 radical (unpaired) electrons. The Bertz CT molecular complexity index is 494. The molecule has 0 aliphatic carbocycles. The van der Waals surface area contributed by atoms with Crippen LogP contribution in [0, 0.1) is 5.82 Å². The molecule has 0 saturated heterocycles. The monoisotopic (exact) mass is 326 g/mol. The van der Waals surface area contributed by atoms with Crippen LogP contribution in [0.4, 0.5) is 4.39 Å². The van der Waals surface area contributed by atoms with Crippen molar-refractivity contribution < 1.29 is 4.39 Å². The molecule has 2 aromatic heterocycles. The minimum absolute atomic E-state index is 0.269. The number of halogens is 4. The van der Waals surface area contributed by atoms with E-state index in [9.17, 15) is 4.39 Å². The molecule has 0 atom stereocenters. The fraction of sp³-hybridized carbons (Fsp3) is 0. The number of rotatable bonds is 1. The predicted molar refractivity (Wildman–Crippen MR) is 63.0 cm³/mol. The van der Waals surface area contributed by atoms with Gasteiger partial charge in [0.25, 0.3) is 0 Å². The van der Waals surface area contributed by atoms with Crippen molar-refractivity contribution in [3.05, 3.63) is 32.0 Å². The molecule has 78 valence electrons. The van der Waals surface area contributed by atoms with Crippen molar-refractivity contribution in [1.82, 2.24) is 9.97 Å². The summed E-state index contributed by atoms with van der Waals surface area (Å²) in [6.07, 6.45) is 0. The van der Waals surface area contributed by atoms with Gasteiger partial charge >= 0.3 is 0 Å². The Labute approximate surface area is 107 Å². The molecule has 0 N–H and O–H groups in total. The molecule has 0 spiro atoms. The average molecular weight is 328 g/mol. The van der Waals surface area contributed by atoms with Crippen LogP contribution in [-0.2, 0) is 0 Å². The van der Waals surface area contributed by atoms with E-state index in [2.05, 4.69) is 25.9 Å². The van der Waals surface area contributed by atoms with E-state index in [-0.39, 0.29) is 10.3 Å². The van der Waals surface area contributed by atoms with Crippen molar-refractivity contribution in [3.8, 4) is 10.7 Å². The molecule has 7 heteroatoms. The van der Waals surface area contributed by atoms with Gasteiger partial charge in [0, 0.05) is 0 Å². The Morgan fingerprint density at radius 3 is 2.27 bits per heavy atom. The molecule has 0 fully saturated rings. The Hall–Kier alpha value is -0.230. The van der Waals surface area contributed by atoms with Gasteiger partial charge < -0.3 is 0 Å². The number of nitrogens with zero attached hydrogens (tertiary/aromatic N) is 2. The van der Waals surface area contributed by atoms with Gasteiger partial charge in [0.1, 0.15) is 0 Å². The summed E-state index contributed by atoms with van der Waals surface area (Å²) in [7, 11) is 0. The van der Waals surface area contributed by atoms with Crippen molar-refractivity contribution in [2.45, 2.75) is 0 Å². The molecule has 0 bridgehead atoms. The molecule has 0 amide bonds. The zero-order chi connectivity index (χ0) is 11.0. The summed E-state index contributed by atoms with van der Waals surface area (Å²) in [6.45, 7) is 0. The van der Waals surface area contributed by atoms with Gasteiger partial charge in [-0.3, -0.25) is 0 Å². The molecule has 15 heavy (non-hydrogen) atoms. The van der Waals surface area contributed by atoms with E-state index < -0.39 is 5.82 Å². The third-order valence-electron chi connectivity index (χ3n) is 1.56. The Balaban J connectivity index is 2.55. The van der Waals surface area contributed by atoms with Crippen LogP contribution in [0.25, 0.3) is 10.7 Å². The van der Waals surface area contributed by atoms with Crippen molar-refractivity contribution >= 4 is 50.5 Å². The summed E-state index contributed by atoms with van der Waals surface area (Å²) in [4.78, 5) is 8.37. The second kappa shape index (κ2) is 4.33. The van der Waals surface area contributed by atoms with Crippen LogP contribution < -0.4 is 0 Å². The molecule has 0 aliphatic heterocycles. The lowest BCUT2D eigenvalue weighted by Gasteiger charge is -1.99. The first kappa shape index (κ1) is 11.3. The molecule has 0 aliphatic rings. The maximum Gasteiger partial charge on any atom is 0.197 e. The van der Waals surface area contributed by atoms with E-state index in [0.29, 0.717) is 5.82 Å². The maximum atomic E-state index is 13.0. The second-order valence-corrected chi connectivity index (χ2v) is 5.73. The van der Waals surface area contributed by atoms with Crippen molar-refractivity contribution in [3.63, 3.8) is 0 Å². The van der Waals surface area contributed by atoms with E-state index in [1.54, 1.807) is 6.07 Å². The van der Waals surface area contributed by atoms with E-state index in [4.69, 9.17) is 23.2 Å². The standard InChI is InChI=1S/C8H2BrCl2FN2S/c9-4-2-1-3(15-4)8-13-6(10)5(12)7(11)14-8/h1-2H. The van der Waals surface area contributed by atoms with Gasteiger partial charge in [0.15, 0.2) is 21.9 Å². The highest BCUT2D eigenvalue weighted by atomic mass is 79.9. The van der Waals surface area contributed by atoms with E-state index in [1.807, 2.05) is 6.07 Å². The highest BCUT2D eigenvalue weighted by Gasteiger charge is 2.13. The molecular weight excluding hydrogens is 326 g/mol. The van der Waals surface area contributed by atoms with Gasteiger partial charge in [-0.15, -0.1) is 11.3 Å². The van der Waals surface area contributed by atoms with Crippen LogP contribution in [0.3, 0.4) is 0 Å². The van der Waals surface area contributed by atoms with Crippen molar-refractivity contribution in [1.29, 1.82) is 0 Å². The lowest BCUT2D eigenvalue weighted by Crippen LogP contribution is -1.92.